The van der Waals surface area contributed by atoms with Gasteiger partial charge in [0.25, 0.3) is 5.91 Å². The van der Waals surface area contributed by atoms with E-state index in [1.165, 1.54) is 37.5 Å². The van der Waals surface area contributed by atoms with Gasteiger partial charge in [-0.05, 0) is 43.9 Å². The Balaban J connectivity index is 2.01. The number of amides is 2. The summed E-state index contributed by atoms with van der Waals surface area (Å²) in [5.41, 5.74) is 1.22. The Morgan fingerprint density at radius 3 is 2.43 bits per heavy atom. The third-order valence-corrected chi connectivity index (χ3v) is 4.02. The predicted octanol–water partition coefficient (Wildman–Crippen LogP) is 1.05. The van der Waals surface area contributed by atoms with Gasteiger partial charge in [0, 0.05) is 12.6 Å². The summed E-state index contributed by atoms with van der Waals surface area (Å²) in [5.74, 6) is 0.403. The largest absolute Gasteiger partial charge is 0.495 e. The molecule has 0 spiro atoms. The van der Waals surface area contributed by atoms with Gasteiger partial charge in [-0.3, -0.25) is 9.59 Å². The molecule has 126 valence electrons. The fraction of sp³-hybridized carbons (Fsp3) is 0.529. The van der Waals surface area contributed by atoms with Gasteiger partial charge in [-0.1, -0.05) is 0 Å². The molecule has 3 N–H and O–H groups in total. The molecular weight excluding hydrogens is 294 g/mol. The molecule has 1 aromatic carbocycles. The summed E-state index contributed by atoms with van der Waals surface area (Å²) in [6.45, 7) is 4.02. The number of hydrogen-bond donors (Lipinski definition) is 3. The van der Waals surface area contributed by atoms with Crippen LogP contribution >= 0.6 is 0 Å². The number of carbonyl (C=O) groups excluding carboxylic acids is 2. The molecule has 6 nitrogen and oxygen atoms in total. The third kappa shape index (κ3) is 5.56. The van der Waals surface area contributed by atoms with Crippen molar-refractivity contribution in [3.63, 3.8) is 0 Å². The average molecular weight is 320 g/mol. The van der Waals surface area contributed by atoms with Crippen LogP contribution in [0.5, 0.6) is 5.75 Å². The van der Waals surface area contributed by atoms with Crippen LogP contribution in [0, 0.1) is 0 Å². The molecule has 1 saturated heterocycles. The zero-order valence-corrected chi connectivity index (χ0v) is 13.9. The zero-order chi connectivity index (χ0) is 16.7. The average Bonchev–Trinajstić information content (AvgIpc) is 2.75. The number of benzene rings is 1. The topological polar surface area (TPSA) is 71.9 Å². The summed E-state index contributed by atoms with van der Waals surface area (Å²) in [6, 6.07) is 5.20. The van der Waals surface area contributed by atoms with Gasteiger partial charge in [-0.2, -0.15) is 0 Å². The molecule has 2 rings (SSSR count). The fourth-order valence-corrected chi connectivity index (χ4v) is 2.91. The second kappa shape index (κ2) is 8.53. The standard InChI is InChI=1S/C17H25N3O3/c1-13(21)18-14-7-8-16(23-2)15(11-14)19-17(22)12-20-9-5-3-4-6-10-20/h7-8,11H,3-6,9-10,12H2,1-2H3,(H,18,21)(H,19,22)/p+1. The molecule has 0 unspecified atom stereocenters. The fourth-order valence-electron chi connectivity index (χ4n) is 2.91. The maximum absolute atomic E-state index is 12.3. The van der Waals surface area contributed by atoms with E-state index in [2.05, 4.69) is 10.6 Å². The Kier molecular flexibility index (Phi) is 6.40. The minimum Gasteiger partial charge on any atom is -0.495 e. The van der Waals surface area contributed by atoms with Crippen molar-refractivity contribution in [2.75, 3.05) is 37.4 Å². The Hall–Kier alpha value is -2.08. The summed E-state index contributed by atoms with van der Waals surface area (Å²) >= 11 is 0. The first-order valence-electron chi connectivity index (χ1n) is 8.17. The zero-order valence-electron chi connectivity index (χ0n) is 13.9. The number of likely N-dealkylation sites (tertiary alicyclic amines) is 1. The Morgan fingerprint density at radius 2 is 1.83 bits per heavy atom. The van der Waals surface area contributed by atoms with E-state index in [0.29, 0.717) is 23.7 Å². The second-order valence-electron chi connectivity index (χ2n) is 5.99. The normalized spacial score (nSPS) is 15.6. The van der Waals surface area contributed by atoms with E-state index < -0.39 is 0 Å². The number of nitrogens with one attached hydrogen (secondary N) is 3. The summed E-state index contributed by atoms with van der Waals surface area (Å²) in [6.07, 6.45) is 4.89. The van der Waals surface area contributed by atoms with E-state index in [1.807, 2.05) is 0 Å². The van der Waals surface area contributed by atoms with Crippen LogP contribution < -0.4 is 20.3 Å². The molecule has 1 aliphatic heterocycles. The van der Waals surface area contributed by atoms with Crippen LogP contribution in [0.2, 0.25) is 0 Å². The van der Waals surface area contributed by atoms with Crippen molar-refractivity contribution in [3.8, 4) is 5.75 Å². The second-order valence-corrected chi connectivity index (χ2v) is 5.99. The lowest BCUT2D eigenvalue weighted by Crippen LogP contribution is -3.12. The molecule has 0 bridgehead atoms. The summed E-state index contributed by atoms with van der Waals surface area (Å²) < 4.78 is 5.28. The molecule has 0 aliphatic carbocycles. The van der Waals surface area contributed by atoms with Crippen molar-refractivity contribution in [3.05, 3.63) is 18.2 Å². The third-order valence-electron chi connectivity index (χ3n) is 4.02. The number of quaternary nitrogens is 1. The highest BCUT2D eigenvalue weighted by atomic mass is 16.5. The molecular formula is C17H26N3O3+. The highest BCUT2D eigenvalue weighted by Gasteiger charge is 2.17. The monoisotopic (exact) mass is 320 g/mol. The van der Waals surface area contributed by atoms with Crippen molar-refractivity contribution >= 4 is 23.2 Å². The van der Waals surface area contributed by atoms with E-state index >= 15 is 0 Å². The van der Waals surface area contributed by atoms with Crippen molar-refractivity contribution in [1.29, 1.82) is 0 Å². The molecule has 1 heterocycles. The van der Waals surface area contributed by atoms with Crippen LogP contribution in [-0.4, -0.2) is 38.6 Å². The van der Waals surface area contributed by atoms with Crippen LogP contribution in [0.25, 0.3) is 0 Å². The highest BCUT2D eigenvalue weighted by Crippen LogP contribution is 2.27. The number of rotatable bonds is 5. The van der Waals surface area contributed by atoms with Crippen LogP contribution in [0.15, 0.2) is 18.2 Å². The Bertz CT molecular complexity index is 552. The maximum Gasteiger partial charge on any atom is 0.279 e. The lowest BCUT2D eigenvalue weighted by atomic mass is 10.2. The molecule has 23 heavy (non-hydrogen) atoms. The van der Waals surface area contributed by atoms with Gasteiger partial charge < -0.3 is 20.3 Å². The van der Waals surface area contributed by atoms with E-state index in [4.69, 9.17) is 4.74 Å². The number of hydrogen-bond acceptors (Lipinski definition) is 3. The summed E-state index contributed by atoms with van der Waals surface area (Å²) in [5, 5.41) is 5.62. The Morgan fingerprint density at radius 1 is 1.13 bits per heavy atom. The molecule has 1 fully saturated rings. The van der Waals surface area contributed by atoms with E-state index in [-0.39, 0.29) is 11.8 Å². The van der Waals surface area contributed by atoms with E-state index in [0.717, 1.165) is 13.1 Å². The van der Waals surface area contributed by atoms with Gasteiger partial charge in [-0.25, -0.2) is 0 Å². The van der Waals surface area contributed by atoms with Gasteiger partial charge in [-0.15, -0.1) is 0 Å². The quantitative estimate of drug-likeness (QED) is 0.759. The minimum atomic E-state index is -0.151. The molecule has 0 saturated carbocycles. The number of anilines is 2. The van der Waals surface area contributed by atoms with Crippen LogP contribution in [-0.2, 0) is 9.59 Å². The SMILES string of the molecule is COc1ccc(NC(C)=O)cc1NC(=O)C[NH+]1CCCCCC1. The summed E-state index contributed by atoms with van der Waals surface area (Å²) in [4.78, 5) is 24.8. The maximum atomic E-state index is 12.3. The van der Waals surface area contributed by atoms with Crippen molar-refractivity contribution in [1.82, 2.24) is 0 Å². The van der Waals surface area contributed by atoms with Gasteiger partial charge in [0.05, 0.1) is 25.9 Å². The molecule has 2 amide bonds. The van der Waals surface area contributed by atoms with Crippen LogP contribution in [0.3, 0.4) is 0 Å². The van der Waals surface area contributed by atoms with Crippen molar-refractivity contribution in [2.45, 2.75) is 32.6 Å². The van der Waals surface area contributed by atoms with E-state index in [1.54, 1.807) is 25.3 Å². The first-order valence-corrected chi connectivity index (χ1v) is 8.17. The predicted molar refractivity (Wildman–Crippen MR) is 90.0 cm³/mol. The molecule has 0 atom stereocenters. The summed E-state index contributed by atoms with van der Waals surface area (Å²) in [7, 11) is 1.56. The Labute approximate surface area is 137 Å². The lowest BCUT2D eigenvalue weighted by molar-refractivity contribution is -0.890. The van der Waals surface area contributed by atoms with Crippen LogP contribution in [0.4, 0.5) is 11.4 Å². The highest BCUT2D eigenvalue weighted by molar-refractivity contribution is 5.95. The van der Waals surface area contributed by atoms with Gasteiger partial charge in [0.1, 0.15) is 5.75 Å². The van der Waals surface area contributed by atoms with Crippen molar-refractivity contribution < 1.29 is 19.2 Å². The minimum absolute atomic E-state index is 0.0276. The van der Waals surface area contributed by atoms with E-state index in [9.17, 15) is 9.59 Å². The van der Waals surface area contributed by atoms with Crippen molar-refractivity contribution in [2.24, 2.45) is 0 Å². The van der Waals surface area contributed by atoms with Gasteiger partial charge in [0.2, 0.25) is 5.91 Å². The molecule has 0 radical (unpaired) electrons. The molecule has 0 aromatic heterocycles. The van der Waals surface area contributed by atoms with Crippen LogP contribution in [0.1, 0.15) is 32.6 Å². The smallest absolute Gasteiger partial charge is 0.279 e. The van der Waals surface area contributed by atoms with Gasteiger partial charge >= 0.3 is 0 Å². The van der Waals surface area contributed by atoms with Gasteiger partial charge in [0.15, 0.2) is 6.54 Å². The molecule has 1 aliphatic rings. The molecule has 6 heteroatoms. The first kappa shape index (κ1) is 17.3. The number of ether oxygens (including phenoxy) is 1. The lowest BCUT2D eigenvalue weighted by Gasteiger charge is -2.17. The first-order chi connectivity index (χ1) is 11.1. The number of methoxy groups -OCH3 is 1. The molecule has 1 aromatic rings. The number of carbonyl (C=O) groups is 2.